The van der Waals surface area contributed by atoms with E-state index in [0.29, 0.717) is 0 Å². The van der Waals surface area contributed by atoms with Crippen molar-refractivity contribution in [3.8, 4) is 0 Å². The molecule has 0 atom stereocenters. The number of anilines is 1. The van der Waals surface area contributed by atoms with Gasteiger partial charge in [-0.3, -0.25) is 4.79 Å². The molecule has 0 saturated carbocycles. The van der Waals surface area contributed by atoms with Gasteiger partial charge in [0.25, 0.3) is 0 Å². The van der Waals surface area contributed by atoms with Crippen LogP contribution in [-0.4, -0.2) is 42.0 Å². The van der Waals surface area contributed by atoms with Crippen LogP contribution in [0, 0.1) is 5.92 Å². The highest BCUT2D eigenvalue weighted by atomic mass is 32.1. The van der Waals surface area contributed by atoms with Crippen LogP contribution in [0.3, 0.4) is 0 Å². The van der Waals surface area contributed by atoms with Crippen LogP contribution < -0.4 is 4.90 Å². The molecule has 1 fully saturated rings. The minimum atomic E-state index is 0.0847. The van der Waals surface area contributed by atoms with Crippen LogP contribution in [-0.2, 0) is 11.2 Å². The fourth-order valence-electron chi connectivity index (χ4n) is 2.80. The molecule has 0 aliphatic carbocycles. The van der Waals surface area contributed by atoms with Crippen molar-refractivity contribution in [2.45, 2.75) is 27.2 Å². The van der Waals surface area contributed by atoms with Gasteiger partial charge in [-0.15, -0.1) is 0 Å². The first-order chi connectivity index (χ1) is 10.6. The molecule has 0 spiro atoms. The summed E-state index contributed by atoms with van der Waals surface area (Å²) < 4.78 is 1.26. The quantitative estimate of drug-likeness (QED) is 0.872. The summed E-state index contributed by atoms with van der Waals surface area (Å²) in [5.41, 5.74) is 2.44. The molecule has 1 aliphatic rings. The topological polar surface area (TPSA) is 36.4 Å². The normalized spacial score (nSPS) is 15.8. The van der Waals surface area contributed by atoms with Crippen molar-refractivity contribution in [3.63, 3.8) is 0 Å². The number of rotatable bonds is 3. The van der Waals surface area contributed by atoms with Crippen molar-refractivity contribution in [2.24, 2.45) is 5.92 Å². The zero-order chi connectivity index (χ0) is 15.7. The van der Waals surface area contributed by atoms with E-state index in [4.69, 9.17) is 4.98 Å². The zero-order valence-corrected chi connectivity index (χ0v) is 14.3. The highest BCUT2D eigenvalue weighted by Gasteiger charge is 2.24. The number of fused-ring (bicyclic) bond motifs is 1. The minimum absolute atomic E-state index is 0.0847. The van der Waals surface area contributed by atoms with Gasteiger partial charge in [0, 0.05) is 32.1 Å². The van der Waals surface area contributed by atoms with Gasteiger partial charge in [-0.1, -0.05) is 38.2 Å². The third-order valence-electron chi connectivity index (χ3n) is 4.21. The van der Waals surface area contributed by atoms with E-state index in [-0.39, 0.29) is 11.8 Å². The molecule has 0 bridgehead atoms. The number of carbonyl (C=O) groups excluding carboxylic acids is 1. The van der Waals surface area contributed by atoms with E-state index in [0.717, 1.165) is 43.2 Å². The van der Waals surface area contributed by atoms with Crippen LogP contribution in [0.1, 0.15) is 26.3 Å². The van der Waals surface area contributed by atoms with Crippen molar-refractivity contribution >= 4 is 32.6 Å². The lowest BCUT2D eigenvalue weighted by Gasteiger charge is -2.35. The van der Waals surface area contributed by atoms with Crippen LogP contribution in [0.5, 0.6) is 0 Å². The summed E-state index contributed by atoms with van der Waals surface area (Å²) in [4.78, 5) is 21.1. The first-order valence-electron chi connectivity index (χ1n) is 8.01. The van der Waals surface area contributed by atoms with Crippen molar-refractivity contribution in [1.29, 1.82) is 0 Å². The SMILES string of the molecule is CCc1ccc2nc(N3CCN(C(=O)C(C)C)CC3)sc2c1. The number of carbonyl (C=O) groups is 1. The van der Waals surface area contributed by atoms with Gasteiger partial charge in [0.1, 0.15) is 0 Å². The van der Waals surface area contributed by atoms with Crippen LogP contribution in [0.2, 0.25) is 0 Å². The maximum absolute atomic E-state index is 12.0. The maximum atomic E-state index is 12.0. The van der Waals surface area contributed by atoms with Gasteiger partial charge in [-0.2, -0.15) is 0 Å². The lowest BCUT2D eigenvalue weighted by Crippen LogP contribution is -2.49. The summed E-state index contributed by atoms with van der Waals surface area (Å²) in [7, 11) is 0. The maximum Gasteiger partial charge on any atom is 0.225 e. The molecule has 1 amide bonds. The zero-order valence-electron chi connectivity index (χ0n) is 13.5. The van der Waals surface area contributed by atoms with Gasteiger partial charge in [0.2, 0.25) is 5.91 Å². The van der Waals surface area contributed by atoms with Gasteiger partial charge in [0.15, 0.2) is 5.13 Å². The lowest BCUT2D eigenvalue weighted by atomic mass is 10.1. The summed E-state index contributed by atoms with van der Waals surface area (Å²) in [6.45, 7) is 9.45. The predicted octanol–water partition coefficient (Wildman–Crippen LogP) is 3.16. The number of benzene rings is 1. The second kappa shape index (κ2) is 6.24. The molecule has 118 valence electrons. The Labute approximate surface area is 135 Å². The first-order valence-corrected chi connectivity index (χ1v) is 8.83. The lowest BCUT2D eigenvalue weighted by molar-refractivity contribution is -0.134. The van der Waals surface area contributed by atoms with Crippen LogP contribution in [0.15, 0.2) is 18.2 Å². The summed E-state index contributed by atoms with van der Waals surface area (Å²) >= 11 is 1.76. The van der Waals surface area contributed by atoms with Crippen molar-refractivity contribution in [1.82, 2.24) is 9.88 Å². The summed E-state index contributed by atoms with van der Waals surface area (Å²) in [5, 5.41) is 1.08. The Kier molecular flexibility index (Phi) is 4.34. The predicted molar refractivity (Wildman–Crippen MR) is 92.6 cm³/mol. The van der Waals surface area contributed by atoms with E-state index in [9.17, 15) is 4.79 Å². The second-order valence-electron chi connectivity index (χ2n) is 6.12. The number of thiazole rings is 1. The van der Waals surface area contributed by atoms with Crippen LogP contribution >= 0.6 is 11.3 Å². The molecule has 0 N–H and O–H groups in total. The van der Waals surface area contributed by atoms with E-state index in [2.05, 4.69) is 30.0 Å². The molecule has 1 saturated heterocycles. The number of hydrogen-bond donors (Lipinski definition) is 0. The third-order valence-corrected chi connectivity index (χ3v) is 5.28. The van der Waals surface area contributed by atoms with Gasteiger partial charge >= 0.3 is 0 Å². The summed E-state index contributed by atoms with van der Waals surface area (Å²) in [6, 6.07) is 6.52. The number of nitrogens with zero attached hydrogens (tertiary/aromatic N) is 3. The minimum Gasteiger partial charge on any atom is -0.345 e. The molecule has 2 heterocycles. The highest BCUT2D eigenvalue weighted by molar-refractivity contribution is 7.22. The molecule has 1 aromatic carbocycles. The molecule has 2 aromatic rings. The standard InChI is InChI=1S/C17H23N3OS/c1-4-13-5-6-14-15(11-13)22-17(18-14)20-9-7-19(8-10-20)16(21)12(2)3/h5-6,11-12H,4,7-10H2,1-3H3. The Morgan fingerprint density at radius 2 is 2.00 bits per heavy atom. The second-order valence-corrected chi connectivity index (χ2v) is 7.13. The Morgan fingerprint density at radius 3 is 2.64 bits per heavy atom. The van der Waals surface area contributed by atoms with E-state index in [1.807, 2.05) is 18.7 Å². The first kappa shape index (κ1) is 15.3. The number of piperazine rings is 1. The molecule has 22 heavy (non-hydrogen) atoms. The van der Waals surface area contributed by atoms with Gasteiger partial charge in [0.05, 0.1) is 10.2 Å². The molecule has 1 aromatic heterocycles. The number of hydrogen-bond acceptors (Lipinski definition) is 4. The monoisotopic (exact) mass is 317 g/mol. The number of aryl methyl sites for hydroxylation is 1. The Bertz CT molecular complexity index is 672. The Morgan fingerprint density at radius 1 is 1.27 bits per heavy atom. The molecule has 5 heteroatoms. The van der Waals surface area contributed by atoms with Crippen LogP contribution in [0.4, 0.5) is 5.13 Å². The summed E-state index contributed by atoms with van der Waals surface area (Å²) in [5.74, 6) is 0.345. The van der Waals surface area contributed by atoms with E-state index in [1.54, 1.807) is 11.3 Å². The Balaban J connectivity index is 1.72. The number of aromatic nitrogens is 1. The largest absolute Gasteiger partial charge is 0.345 e. The fraction of sp³-hybridized carbons (Fsp3) is 0.529. The molecule has 3 rings (SSSR count). The van der Waals surface area contributed by atoms with Gasteiger partial charge in [-0.25, -0.2) is 4.98 Å². The van der Waals surface area contributed by atoms with Crippen molar-refractivity contribution < 1.29 is 4.79 Å². The third kappa shape index (κ3) is 2.95. The van der Waals surface area contributed by atoms with E-state index >= 15 is 0 Å². The molecule has 4 nitrogen and oxygen atoms in total. The molecular weight excluding hydrogens is 294 g/mol. The van der Waals surface area contributed by atoms with Crippen molar-refractivity contribution in [3.05, 3.63) is 23.8 Å². The molecule has 0 radical (unpaired) electrons. The highest BCUT2D eigenvalue weighted by Crippen LogP contribution is 2.30. The van der Waals surface area contributed by atoms with Crippen LogP contribution in [0.25, 0.3) is 10.2 Å². The van der Waals surface area contributed by atoms with E-state index < -0.39 is 0 Å². The fourth-order valence-corrected chi connectivity index (χ4v) is 3.88. The molecule has 1 aliphatic heterocycles. The average Bonchev–Trinajstić information content (AvgIpc) is 2.97. The Hall–Kier alpha value is -1.62. The molecular formula is C17H23N3OS. The molecule has 0 unspecified atom stereocenters. The smallest absolute Gasteiger partial charge is 0.225 e. The van der Waals surface area contributed by atoms with Gasteiger partial charge in [-0.05, 0) is 24.1 Å². The summed E-state index contributed by atoms with van der Waals surface area (Å²) in [6.07, 6.45) is 1.05. The average molecular weight is 317 g/mol. The number of amides is 1. The van der Waals surface area contributed by atoms with E-state index in [1.165, 1.54) is 10.3 Å². The van der Waals surface area contributed by atoms with Gasteiger partial charge < -0.3 is 9.80 Å². The van der Waals surface area contributed by atoms with Crippen molar-refractivity contribution in [2.75, 3.05) is 31.1 Å².